The number of hydrogen-bond donors (Lipinski definition) is 0. The van der Waals surface area contributed by atoms with E-state index in [1.54, 1.807) is 11.3 Å². The van der Waals surface area contributed by atoms with Gasteiger partial charge in [0.2, 0.25) is 0 Å². The van der Waals surface area contributed by atoms with Gasteiger partial charge in [-0.05, 0) is 13.8 Å². The zero-order valence-electron chi connectivity index (χ0n) is 6.05. The van der Waals surface area contributed by atoms with Crippen LogP contribution >= 0.6 is 35.3 Å². The molecule has 0 aromatic carbocycles. The lowest BCUT2D eigenvalue weighted by molar-refractivity contribution is 1.20. The van der Waals surface area contributed by atoms with Crippen LogP contribution < -0.4 is 0 Å². The summed E-state index contributed by atoms with van der Waals surface area (Å²) < 4.78 is 0. The van der Waals surface area contributed by atoms with E-state index in [2.05, 4.69) is 11.6 Å². The first-order chi connectivity index (χ1) is 4.24. The van der Waals surface area contributed by atoms with Crippen molar-refractivity contribution in [3.63, 3.8) is 0 Å². The summed E-state index contributed by atoms with van der Waals surface area (Å²) in [4.78, 5) is 5.42. The highest BCUT2D eigenvalue weighted by molar-refractivity contribution is 14.0. The van der Waals surface area contributed by atoms with Crippen LogP contribution in [0.15, 0.2) is 6.58 Å². The predicted molar refractivity (Wildman–Crippen MR) is 57.1 cm³/mol. The van der Waals surface area contributed by atoms with Crippen LogP contribution in [0.3, 0.4) is 0 Å². The minimum Gasteiger partial charge on any atom is -0.246 e. The van der Waals surface area contributed by atoms with E-state index < -0.39 is 0 Å². The van der Waals surface area contributed by atoms with Crippen LogP contribution in [-0.4, -0.2) is 4.98 Å². The Hall–Kier alpha value is 0.100. The maximum absolute atomic E-state index is 4.23. The molecule has 0 amide bonds. The molecule has 0 saturated heterocycles. The maximum Gasteiger partial charge on any atom is 0.0903 e. The molecule has 0 atom stereocenters. The largest absolute Gasteiger partial charge is 0.246 e. The Morgan fingerprint density at radius 3 is 2.30 bits per heavy atom. The molecule has 1 nitrogen and oxygen atoms in total. The minimum absolute atomic E-state index is 0. The van der Waals surface area contributed by atoms with Crippen molar-refractivity contribution in [2.75, 3.05) is 0 Å². The van der Waals surface area contributed by atoms with Crippen molar-refractivity contribution in [2.24, 2.45) is 0 Å². The molecule has 3 heteroatoms. The molecule has 0 aliphatic rings. The molecule has 0 unspecified atom stereocenters. The quantitative estimate of drug-likeness (QED) is 0.713. The smallest absolute Gasteiger partial charge is 0.0903 e. The Labute approximate surface area is 82.2 Å². The Balaban J connectivity index is 0.000000810. The fraction of sp³-hybridized carbons (Fsp3) is 0.286. The molecular weight excluding hydrogens is 257 g/mol. The van der Waals surface area contributed by atoms with Crippen LogP contribution in [0.1, 0.15) is 15.6 Å². The zero-order valence-corrected chi connectivity index (χ0v) is 9.20. The van der Waals surface area contributed by atoms with Crippen molar-refractivity contribution in [3.05, 3.63) is 22.2 Å². The summed E-state index contributed by atoms with van der Waals surface area (Å²) in [5, 5.41) is 1.11. The van der Waals surface area contributed by atoms with Crippen molar-refractivity contribution >= 4 is 41.4 Å². The van der Waals surface area contributed by atoms with Gasteiger partial charge < -0.3 is 0 Å². The summed E-state index contributed by atoms with van der Waals surface area (Å²) in [5.41, 5.74) is 1.09. The van der Waals surface area contributed by atoms with Crippen LogP contribution in [0.5, 0.6) is 0 Å². The number of thiazole rings is 1. The molecular formula is C7H10INS. The van der Waals surface area contributed by atoms with E-state index in [-0.39, 0.29) is 24.0 Å². The van der Waals surface area contributed by atoms with Gasteiger partial charge in [-0.1, -0.05) is 12.7 Å². The molecule has 10 heavy (non-hydrogen) atoms. The first kappa shape index (κ1) is 10.1. The lowest BCUT2D eigenvalue weighted by atomic mass is 10.4. The molecule has 1 heterocycles. The van der Waals surface area contributed by atoms with Crippen LogP contribution in [0.25, 0.3) is 6.08 Å². The molecule has 0 fully saturated rings. The molecule has 1 rings (SSSR count). The zero-order chi connectivity index (χ0) is 6.85. The second kappa shape index (κ2) is 4.08. The maximum atomic E-state index is 4.23. The Morgan fingerprint density at radius 1 is 1.50 bits per heavy atom. The number of rotatable bonds is 1. The second-order valence-corrected chi connectivity index (χ2v) is 3.12. The van der Waals surface area contributed by atoms with Gasteiger partial charge in [-0.3, -0.25) is 0 Å². The molecule has 0 radical (unpaired) electrons. The number of aryl methyl sites for hydroxylation is 2. The van der Waals surface area contributed by atoms with Crippen molar-refractivity contribution < 1.29 is 0 Å². The molecule has 1 aromatic rings. The van der Waals surface area contributed by atoms with Gasteiger partial charge >= 0.3 is 0 Å². The molecule has 1 aromatic heterocycles. The summed E-state index contributed by atoms with van der Waals surface area (Å²) >= 11 is 1.69. The summed E-state index contributed by atoms with van der Waals surface area (Å²) in [6, 6.07) is 0. The predicted octanol–water partition coefficient (Wildman–Crippen LogP) is 3.02. The van der Waals surface area contributed by atoms with E-state index in [1.165, 1.54) is 4.88 Å². The van der Waals surface area contributed by atoms with Crippen molar-refractivity contribution in [1.29, 1.82) is 0 Å². The summed E-state index contributed by atoms with van der Waals surface area (Å²) in [6.07, 6.45) is 1.85. The Bertz CT molecular complexity index is 230. The average molecular weight is 267 g/mol. The summed E-state index contributed by atoms with van der Waals surface area (Å²) in [5.74, 6) is 0. The Morgan fingerprint density at radius 2 is 2.10 bits per heavy atom. The SMILES string of the molecule is C=Cc1sc(C)nc1C.I. The van der Waals surface area contributed by atoms with Gasteiger partial charge in [0.1, 0.15) is 0 Å². The molecule has 56 valence electrons. The normalized spacial score (nSPS) is 8.60. The van der Waals surface area contributed by atoms with Crippen LogP contribution in [0.4, 0.5) is 0 Å². The first-order valence-electron chi connectivity index (χ1n) is 2.80. The summed E-state index contributed by atoms with van der Waals surface area (Å²) in [7, 11) is 0. The lowest BCUT2D eigenvalue weighted by Crippen LogP contribution is -1.71. The van der Waals surface area contributed by atoms with Crippen LogP contribution in [0, 0.1) is 13.8 Å². The third-order valence-electron chi connectivity index (χ3n) is 1.12. The Kier molecular flexibility index (Phi) is 4.12. The van der Waals surface area contributed by atoms with Crippen molar-refractivity contribution in [1.82, 2.24) is 4.98 Å². The van der Waals surface area contributed by atoms with Gasteiger partial charge in [-0.25, -0.2) is 4.98 Å². The van der Waals surface area contributed by atoms with Gasteiger partial charge in [0, 0.05) is 4.88 Å². The van der Waals surface area contributed by atoms with E-state index in [1.807, 2.05) is 19.9 Å². The van der Waals surface area contributed by atoms with Gasteiger partial charge in [-0.2, -0.15) is 0 Å². The van der Waals surface area contributed by atoms with Gasteiger partial charge in [-0.15, -0.1) is 35.3 Å². The van der Waals surface area contributed by atoms with E-state index in [9.17, 15) is 0 Å². The van der Waals surface area contributed by atoms with Crippen LogP contribution in [0.2, 0.25) is 0 Å². The highest BCUT2D eigenvalue weighted by atomic mass is 127. The summed E-state index contributed by atoms with van der Waals surface area (Å²) in [6.45, 7) is 7.68. The topological polar surface area (TPSA) is 12.9 Å². The molecule has 0 aliphatic heterocycles. The monoisotopic (exact) mass is 267 g/mol. The third-order valence-corrected chi connectivity index (χ3v) is 2.19. The first-order valence-corrected chi connectivity index (χ1v) is 3.62. The van der Waals surface area contributed by atoms with Gasteiger partial charge in [0.05, 0.1) is 10.7 Å². The van der Waals surface area contributed by atoms with Crippen molar-refractivity contribution in [3.8, 4) is 0 Å². The number of aromatic nitrogens is 1. The van der Waals surface area contributed by atoms with E-state index >= 15 is 0 Å². The molecule has 0 spiro atoms. The third kappa shape index (κ3) is 2.05. The fourth-order valence-corrected chi connectivity index (χ4v) is 1.51. The molecule has 0 N–H and O–H groups in total. The van der Waals surface area contributed by atoms with Gasteiger partial charge in [0.15, 0.2) is 0 Å². The van der Waals surface area contributed by atoms with E-state index in [0.29, 0.717) is 0 Å². The van der Waals surface area contributed by atoms with Crippen LogP contribution in [-0.2, 0) is 0 Å². The standard InChI is InChI=1S/C7H9NS.HI/c1-4-7-5(2)8-6(3)9-7;/h4H,1H2,2-3H3;1H. The second-order valence-electron chi connectivity index (χ2n) is 1.89. The van der Waals surface area contributed by atoms with Crippen molar-refractivity contribution in [2.45, 2.75) is 13.8 Å². The van der Waals surface area contributed by atoms with E-state index in [0.717, 1.165) is 10.7 Å². The van der Waals surface area contributed by atoms with E-state index in [4.69, 9.17) is 0 Å². The fourth-order valence-electron chi connectivity index (χ4n) is 0.736. The average Bonchev–Trinajstić information content (AvgIpc) is 2.10. The molecule has 0 bridgehead atoms. The number of nitrogens with zero attached hydrogens (tertiary/aromatic N) is 1. The number of halogens is 1. The number of hydrogen-bond acceptors (Lipinski definition) is 2. The molecule has 0 saturated carbocycles. The minimum atomic E-state index is 0. The highest BCUT2D eigenvalue weighted by Crippen LogP contribution is 2.17. The van der Waals surface area contributed by atoms with Gasteiger partial charge in [0.25, 0.3) is 0 Å². The lowest BCUT2D eigenvalue weighted by Gasteiger charge is -1.80. The highest BCUT2D eigenvalue weighted by Gasteiger charge is 1.97. The molecule has 0 aliphatic carbocycles.